The summed E-state index contributed by atoms with van der Waals surface area (Å²) in [6.45, 7) is 7.25. The molecule has 29 heavy (non-hydrogen) atoms. The molecule has 5 aliphatic rings. The third kappa shape index (κ3) is 4.16. The molecular weight excluding hydrogens is 356 g/mol. The zero-order valence-corrected chi connectivity index (χ0v) is 18.7. The van der Waals surface area contributed by atoms with Crippen LogP contribution >= 0.6 is 0 Å². The maximum absolute atomic E-state index is 4.09. The van der Waals surface area contributed by atoms with Crippen LogP contribution in [-0.4, -0.2) is 45.4 Å². The van der Waals surface area contributed by atoms with Crippen LogP contribution in [0.15, 0.2) is 0 Å². The van der Waals surface area contributed by atoms with E-state index < -0.39 is 0 Å². The minimum absolute atomic E-state index is 0.639. The second kappa shape index (κ2) is 9.14. The van der Waals surface area contributed by atoms with E-state index in [2.05, 4.69) is 21.3 Å². The Morgan fingerprint density at radius 1 is 0.552 bits per heavy atom. The number of hydrogen-bond donors (Lipinski definition) is 4. The van der Waals surface area contributed by atoms with Crippen LogP contribution in [-0.2, 0) is 0 Å². The lowest BCUT2D eigenvalue weighted by Gasteiger charge is -2.57. The summed E-state index contributed by atoms with van der Waals surface area (Å²) in [7, 11) is 0. The van der Waals surface area contributed by atoms with E-state index in [0.29, 0.717) is 10.8 Å². The highest BCUT2D eigenvalue weighted by molar-refractivity contribution is 5.10. The van der Waals surface area contributed by atoms with Crippen molar-refractivity contribution in [2.75, 3.05) is 39.4 Å². The standard InChI is InChI=1S/C25H46N4/c1-4-20(5-2-15-28-19-27-14-1)21-6-11-24(12-7-21)13-17-29-23(24)22-8-16-26-18-25(22)9-3-10-25/h20-23,26-29H,1-19H2. The van der Waals surface area contributed by atoms with E-state index in [0.717, 1.165) is 30.5 Å². The molecule has 4 N–H and O–H groups in total. The summed E-state index contributed by atoms with van der Waals surface area (Å²) >= 11 is 0. The summed E-state index contributed by atoms with van der Waals surface area (Å²) in [4.78, 5) is 0. The smallest absolute Gasteiger partial charge is 0.0454 e. The van der Waals surface area contributed by atoms with E-state index >= 15 is 0 Å². The predicted molar refractivity (Wildman–Crippen MR) is 121 cm³/mol. The quantitative estimate of drug-likeness (QED) is 0.570. The Bertz CT molecular complexity index is 513. The van der Waals surface area contributed by atoms with Gasteiger partial charge < -0.3 is 21.3 Å². The summed E-state index contributed by atoms with van der Waals surface area (Å²) in [5, 5.41) is 15.0. The fourth-order valence-electron chi connectivity index (χ4n) is 8.26. The number of nitrogens with one attached hydrogen (secondary N) is 4. The van der Waals surface area contributed by atoms with Crippen LogP contribution in [0.3, 0.4) is 0 Å². The van der Waals surface area contributed by atoms with Crippen LogP contribution in [0.5, 0.6) is 0 Å². The van der Waals surface area contributed by atoms with Gasteiger partial charge in [-0.15, -0.1) is 0 Å². The number of rotatable bonds is 2. The first-order chi connectivity index (χ1) is 14.3. The molecular formula is C25H46N4. The SMILES string of the molecule is C1CNCNCCCC(C2CCC3(CCNC3C3CCNCC34CCC4)CC2)C1. The van der Waals surface area contributed by atoms with Crippen LogP contribution in [0.1, 0.15) is 83.5 Å². The Kier molecular flexibility index (Phi) is 6.53. The van der Waals surface area contributed by atoms with Crippen molar-refractivity contribution in [3.8, 4) is 0 Å². The maximum atomic E-state index is 4.09. The molecule has 166 valence electrons. The molecule has 4 heteroatoms. The van der Waals surface area contributed by atoms with E-state index in [1.807, 2.05) is 0 Å². The third-order valence-corrected chi connectivity index (χ3v) is 10.1. The van der Waals surface area contributed by atoms with Crippen molar-refractivity contribution >= 4 is 0 Å². The average molecular weight is 403 g/mol. The van der Waals surface area contributed by atoms with Gasteiger partial charge in [0.15, 0.2) is 0 Å². The average Bonchev–Trinajstić information content (AvgIpc) is 3.14. The summed E-state index contributed by atoms with van der Waals surface area (Å²) in [5.41, 5.74) is 1.29. The number of piperidine rings is 1. The fraction of sp³-hybridized carbons (Fsp3) is 1.00. The summed E-state index contributed by atoms with van der Waals surface area (Å²) in [5.74, 6) is 2.94. The Morgan fingerprint density at radius 3 is 1.97 bits per heavy atom. The van der Waals surface area contributed by atoms with Crippen LogP contribution in [0, 0.1) is 28.6 Å². The molecule has 3 saturated heterocycles. The van der Waals surface area contributed by atoms with E-state index in [1.54, 1.807) is 0 Å². The highest BCUT2D eigenvalue weighted by Gasteiger charge is 2.55. The normalized spacial score (nSPS) is 42.0. The third-order valence-electron chi connectivity index (χ3n) is 10.1. The van der Waals surface area contributed by atoms with Crippen molar-refractivity contribution in [2.24, 2.45) is 28.6 Å². The first kappa shape index (κ1) is 20.7. The molecule has 2 saturated carbocycles. The molecule has 5 fully saturated rings. The van der Waals surface area contributed by atoms with Crippen molar-refractivity contribution in [1.29, 1.82) is 0 Å². The van der Waals surface area contributed by atoms with Gasteiger partial charge in [-0.3, -0.25) is 0 Å². The monoisotopic (exact) mass is 402 g/mol. The molecule has 2 unspecified atom stereocenters. The van der Waals surface area contributed by atoms with Crippen molar-refractivity contribution in [2.45, 2.75) is 89.5 Å². The molecule has 4 nitrogen and oxygen atoms in total. The molecule has 5 rings (SSSR count). The lowest BCUT2D eigenvalue weighted by molar-refractivity contribution is -0.0362. The molecule has 2 aliphatic carbocycles. The molecule has 0 radical (unpaired) electrons. The highest BCUT2D eigenvalue weighted by atomic mass is 15.0. The topological polar surface area (TPSA) is 48.1 Å². The van der Waals surface area contributed by atoms with Crippen molar-refractivity contribution < 1.29 is 0 Å². The van der Waals surface area contributed by atoms with Gasteiger partial charge in [-0.25, -0.2) is 0 Å². The van der Waals surface area contributed by atoms with Crippen LogP contribution in [0.4, 0.5) is 0 Å². The lowest BCUT2D eigenvalue weighted by atomic mass is 9.52. The van der Waals surface area contributed by atoms with Gasteiger partial charge >= 0.3 is 0 Å². The summed E-state index contributed by atoms with van der Waals surface area (Å²) in [6.07, 6.45) is 19.1. The van der Waals surface area contributed by atoms with Gasteiger partial charge in [0.2, 0.25) is 0 Å². The molecule has 0 amide bonds. The molecule has 3 aliphatic heterocycles. The fourth-order valence-corrected chi connectivity index (χ4v) is 8.26. The van der Waals surface area contributed by atoms with Gasteiger partial charge in [0.1, 0.15) is 0 Å². The van der Waals surface area contributed by atoms with Crippen molar-refractivity contribution in [1.82, 2.24) is 21.3 Å². The summed E-state index contributed by atoms with van der Waals surface area (Å²) in [6, 6.07) is 0.822. The zero-order chi connectivity index (χ0) is 19.6. The highest BCUT2D eigenvalue weighted by Crippen LogP contribution is 2.58. The van der Waals surface area contributed by atoms with E-state index in [9.17, 15) is 0 Å². The predicted octanol–water partition coefficient (Wildman–Crippen LogP) is 3.63. The molecule has 2 atom stereocenters. The van der Waals surface area contributed by atoms with Gasteiger partial charge in [0.05, 0.1) is 0 Å². The molecule has 0 aromatic rings. The van der Waals surface area contributed by atoms with Crippen molar-refractivity contribution in [3.05, 3.63) is 0 Å². The van der Waals surface area contributed by atoms with Crippen molar-refractivity contribution in [3.63, 3.8) is 0 Å². The Hall–Kier alpha value is -0.160. The second-order valence-electron chi connectivity index (χ2n) is 11.4. The Labute approximate surface area is 179 Å². The minimum Gasteiger partial charge on any atom is -0.316 e. The molecule has 0 aromatic heterocycles. The largest absolute Gasteiger partial charge is 0.316 e. The van der Waals surface area contributed by atoms with Gasteiger partial charge in [-0.05, 0) is 132 Å². The zero-order valence-electron chi connectivity index (χ0n) is 18.7. The molecule has 2 spiro atoms. The second-order valence-corrected chi connectivity index (χ2v) is 11.4. The first-order valence-electron chi connectivity index (χ1n) is 13.2. The van der Waals surface area contributed by atoms with Gasteiger partial charge in [-0.2, -0.15) is 0 Å². The van der Waals surface area contributed by atoms with Gasteiger partial charge in [0, 0.05) is 19.3 Å². The summed E-state index contributed by atoms with van der Waals surface area (Å²) < 4.78 is 0. The van der Waals surface area contributed by atoms with E-state index in [4.69, 9.17) is 0 Å². The van der Waals surface area contributed by atoms with Crippen LogP contribution in [0.2, 0.25) is 0 Å². The van der Waals surface area contributed by atoms with Crippen LogP contribution < -0.4 is 21.3 Å². The minimum atomic E-state index is 0.639. The van der Waals surface area contributed by atoms with Crippen LogP contribution in [0.25, 0.3) is 0 Å². The van der Waals surface area contributed by atoms with Gasteiger partial charge in [0.25, 0.3) is 0 Å². The Balaban J connectivity index is 1.22. The van der Waals surface area contributed by atoms with E-state index in [1.165, 1.54) is 116 Å². The maximum Gasteiger partial charge on any atom is 0.0454 e. The lowest BCUT2D eigenvalue weighted by Crippen LogP contribution is -2.59. The molecule has 3 heterocycles. The van der Waals surface area contributed by atoms with Gasteiger partial charge in [-0.1, -0.05) is 6.42 Å². The Morgan fingerprint density at radius 2 is 1.28 bits per heavy atom. The van der Waals surface area contributed by atoms with E-state index in [-0.39, 0.29) is 0 Å². The molecule has 0 bridgehead atoms. The number of hydrogen-bond acceptors (Lipinski definition) is 4. The first-order valence-corrected chi connectivity index (χ1v) is 13.2. The molecule has 0 aromatic carbocycles.